The molecule has 0 atom stereocenters. The molecule has 2 aromatic heterocycles. The Labute approximate surface area is 80.8 Å². The lowest BCUT2D eigenvalue weighted by atomic mass is 10.5. The minimum Gasteiger partial charge on any atom is -0.382 e. The van der Waals surface area contributed by atoms with E-state index >= 15 is 0 Å². The predicted molar refractivity (Wildman–Crippen MR) is 52.9 cm³/mol. The Kier molecular flexibility index (Phi) is 2.02. The van der Waals surface area contributed by atoms with Crippen molar-refractivity contribution in [1.29, 1.82) is 0 Å². The largest absolute Gasteiger partial charge is 0.382 e. The molecule has 14 heavy (non-hydrogen) atoms. The van der Waals surface area contributed by atoms with Gasteiger partial charge in [-0.2, -0.15) is 5.10 Å². The summed E-state index contributed by atoms with van der Waals surface area (Å²) < 4.78 is 1.71. The topological polar surface area (TPSA) is 81.7 Å². The highest BCUT2D eigenvalue weighted by molar-refractivity contribution is 5.51. The van der Waals surface area contributed by atoms with Crippen LogP contribution in [0, 0.1) is 0 Å². The molecule has 2 aromatic rings. The van der Waals surface area contributed by atoms with Crippen LogP contribution in [0.5, 0.6) is 0 Å². The standard InChI is InChI=1S/C8H10N6/c1-14-8(4-5-10-14)11-7-3-2-6(9)12-13-7/h2-5H,1H3,(H2,9,12)(H,11,13). The van der Waals surface area contributed by atoms with Gasteiger partial charge in [-0.15, -0.1) is 10.2 Å². The first kappa shape index (κ1) is 8.49. The lowest BCUT2D eigenvalue weighted by Crippen LogP contribution is -2.02. The Bertz CT molecular complexity index is 418. The summed E-state index contributed by atoms with van der Waals surface area (Å²) in [4.78, 5) is 0. The van der Waals surface area contributed by atoms with E-state index in [1.165, 1.54) is 0 Å². The third-order valence-corrected chi connectivity index (χ3v) is 1.76. The quantitative estimate of drug-likeness (QED) is 0.722. The van der Waals surface area contributed by atoms with Crippen molar-refractivity contribution in [1.82, 2.24) is 20.0 Å². The van der Waals surface area contributed by atoms with Crippen LogP contribution in [-0.2, 0) is 7.05 Å². The Balaban J connectivity index is 2.19. The SMILES string of the molecule is Cn1nccc1Nc1ccc(N)nn1. The third-order valence-electron chi connectivity index (χ3n) is 1.76. The molecule has 0 amide bonds. The fourth-order valence-corrected chi connectivity index (χ4v) is 1.04. The van der Waals surface area contributed by atoms with E-state index in [0.29, 0.717) is 11.6 Å². The maximum Gasteiger partial charge on any atom is 0.154 e. The molecule has 3 N–H and O–H groups in total. The van der Waals surface area contributed by atoms with Gasteiger partial charge >= 0.3 is 0 Å². The number of hydrogen-bond acceptors (Lipinski definition) is 5. The van der Waals surface area contributed by atoms with Gasteiger partial charge in [0.2, 0.25) is 0 Å². The van der Waals surface area contributed by atoms with E-state index in [-0.39, 0.29) is 0 Å². The second-order valence-corrected chi connectivity index (χ2v) is 2.81. The number of hydrogen-bond donors (Lipinski definition) is 2. The molecule has 0 aliphatic rings. The number of aromatic nitrogens is 4. The van der Waals surface area contributed by atoms with Crippen LogP contribution in [-0.4, -0.2) is 20.0 Å². The number of nitrogens with two attached hydrogens (primary N) is 1. The molecule has 0 saturated carbocycles. The van der Waals surface area contributed by atoms with Crippen LogP contribution in [0.3, 0.4) is 0 Å². The normalized spacial score (nSPS) is 10.1. The lowest BCUT2D eigenvalue weighted by molar-refractivity contribution is 0.775. The molecule has 0 aliphatic heterocycles. The van der Waals surface area contributed by atoms with E-state index < -0.39 is 0 Å². The molecule has 0 unspecified atom stereocenters. The molecule has 0 saturated heterocycles. The van der Waals surface area contributed by atoms with Crippen LogP contribution in [0.2, 0.25) is 0 Å². The molecule has 0 radical (unpaired) electrons. The highest BCUT2D eigenvalue weighted by Crippen LogP contribution is 2.11. The Morgan fingerprint density at radius 3 is 2.71 bits per heavy atom. The van der Waals surface area contributed by atoms with Crippen LogP contribution >= 0.6 is 0 Å². The summed E-state index contributed by atoms with van der Waals surface area (Å²) in [5.41, 5.74) is 5.41. The molecule has 6 nitrogen and oxygen atoms in total. The number of rotatable bonds is 2. The maximum absolute atomic E-state index is 5.41. The molecular weight excluding hydrogens is 180 g/mol. The van der Waals surface area contributed by atoms with Crippen LogP contribution in [0.25, 0.3) is 0 Å². The molecule has 0 spiro atoms. The van der Waals surface area contributed by atoms with E-state index in [0.717, 1.165) is 5.82 Å². The summed E-state index contributed by atoms with van der Waals surface area (Å²) in [6, 6.07) is 5.29. The van der Waals surface area contributed by atoms with Crippen molar-refractivity contribution >= 4 is 17.5 Å². The van der Waals surface area contributed by atoms with Crippen LogP contribution in [0.1, 0.15) is 0 Å². The smallest absolute Gasteiger partial charge is 0.154 e. The average molecular weight is 190 g/mol. The molecule has 0 bridgehead atoms. The van der Waals surface area contributed by atoms with Gasteiger partial charge in [-0.05, 0) is 12.1 Å². The summed E-state index contributed by atoms with van der Waals surface area (Å²) in [6.45, 7) is 0. The molecule has 2 heterocycles. The van der Waals surface area contributed by atoms with E-state index in [1.807, 2.05) is 13.1 Å². The fourth-order valence-electron chi connectivity index (χ4n) is 1.04. The fraction of sp³-hybridized carbons (Fsp3) is 0.125. The first-order valence-electron chi connectivity index (χ1n) is 4.10. The third kappa shape index (κ3) is 1.63. The number of anilines is 3. The summed E-state index contributed by atoms with van der Waals surface area (Å²) in [5.74, 6) is 1.90. The van der Waals surface area contributed by atoms with Crippen LogP contribution in [0.15, 0.2) is 24.4 Å². The molecule has 0 aromatic carbocycles. The molecular formula is C8H10N6. The Hall–Kier alpha value is -2.11. The van der Waals surface area contributed by atoms with Gasteiger partial charge in [0.05, 0.1) is 6.20 Å². The highest BCUT2D eigenvalue weighted by Gasteiger charge is 1.99. The molecule has 0 fully saturated rings. The van der Waals surface area contributed by atoms with Gasteiger partial charge < -0.3 is 11.1 Å². The minimum atomic E-state index is 0.403. The Morgan fingerprint density at radius 2 is 2.14 bits per heavy atom. The second kappa shape index (κ2) is 3.33. The highest BCUT2D eigenvalue weighted by atomic mass is 15.3. The van der Waals surface area contributed by atoms with Crippen molar-refractivity contribution in [2.45, 2.75) is 0 Å². The molecule has 2 rings (SSSR count). The van der Waals surface area contributed by atoms with Crippen LogP contribution < -0.4 is 11.1 Å². The number of nitrogens with one attached hydrogen (secondary N) is 1. The zero-order chi connectivity index (χ0) is 9.97. The van der Waals surface area contributed by atoms with Crippen LogP contribution in [0.4, 0.5) is 17.5 Å². The van der Waals surface area contributed by atoms with Gasteiger partial charge in [0.25, 0.3) is 0 Å². The molecule has 6 heteroatoms. The molecule has 0 aliphatic carbocycles. The summed E-state index contributed by atoms with van der Waals surface area (Å²) >= 11 is 0. The zero-order valence-corrected chi connectivity index (χ0v) is 7.68. The van der Waals surface area contributed by atoms with Gasteiger partial charge in [0, 0.05) is 13.1 Å². The zero-order valence-electron chi connectivity index (χ0n) is 7.68. The number of nitrogens with zero attached hydrogens (tertiary/aromatic N) is 4. The first-order valence-corrected chi connectivity index (χ1v) is 4.10. The molecule has 72 valence electrons. The van der Waals surface area contributed by atoms with E-state index in [4.69, 9.17) is 5.73 Å². The average Bonchev–Trinajstić information content (AvgIpc) is 2.56. The Morgan fingerprint density at radius 1 is 1.29 bits per heavy atom. The predicted octanol–water partition coefficient (Wildman–Crippen LogP) is 0.536. The summed E-state index contributed by atoms with van der Waals surface area (Å²) in [5, 5.41) is 14.7. The minimum absolute atomic E-state index is 0.403. The first-order chi connectivity index (χ1) is 6.75. The lowest BCUT2D eigenvalue weighted by Gasteiger charge is -2.03. The van der Waals surface area contributed by atoms with Crippen molar-refractivity contribution in [3.8, 4) is 0 Å². The number of nitrogen functional groups attached to an aromatic ring is 1. The van der Waals surface area contributed by atoms with E-state index in [1.54, 1.807) is 23.0 Å². The van der Waals surface area contributed by atoms with Gasteiger partial charge in [0.1, 0.15) is 11.6 Å². The van der Waals surface area contributed by atoms with Crippen molar-refractivity contribution in [2.75, 3.05) is 11.1 Å². The number of aryl methyl sites for hydroxylation is 1. The summed E-state index contributed by atoms with van der Waals surface area (Å²) in [7, 11) is 1.84. The second-order valence-electron chi connectivity index (χ2n) is 2.81. The van der Waals surface area contributed by atoms with Crippen molar-refractivity contribution in [3.63, 3.8) is 0 Å². The summed E-state index contributed by atoms with van der Waals surface area (Å²) in [6.07, 6.45) is 1.70. The van der Waals surface area contributed by atoms with Crippen molar-refractivity contribution in [2.24, 2.45) is 7.05 Å². The van der Waals surface area contributed by atoms with Crippen molar-refractivity contribution < 1.29 is 0 Å². The van der Waals surface area contributed by atoms with Gasteiger partial charge in [-0.1, -0.05) is 0 Å². The van der Waals surface area contributed by atoms with Gasteiger partial charge in [-0.3, -0.25) is 4.68 Å². The van der Waals surface area contributed by atoms with Gasteiger partial charge in [-0.25, -0.2) is 0 Å². The monoisotopic (exact) mass is 190 g/mol. The maximum atomic E-state index is 5.41. The van der Waals surface area contributed by atoms with Gasteiger partial charge in [0.15, 0.2) is 5.82 Å². The van der Waals surface area contributed by atoms with E-state index in [2.05, 4.69) is 20.6 Å². The van der Waals surface area contributed by atoms with E-state index in [9.17, 15) is 0 Å². The van der Waals surface area contributed by atoms with Crippen molar-refractivity contribution in [3.05, 3.63) is 24.4 Å².